The summed E-state index contributed by atoms with van der Waals surface area (Å²) in [6.07, 6.45) is 2.55. The van der Waals surface area contributed by atoms with E-state index >= 15 is 0 Å². The molecule has 1 aromatic carbocycles. The van der Waals surface area contributed by atoms with Gasteiger partial charge in [-0.3, -0.25) is 9.69 Å². The summed E-state index contributed by atoms with van der Waals surface area (Å²) in [5, 5.41) is 0. The second kappa shape index (κ2) is 5.05. The van der Waals surface area contributed by atoms with Crippen LogP contribution in [-0.2, 0) is 0 Å². The number of halogens is 1. The number of benzene rings is 1. The molecule has 0 radical (unpaired) electrons. The summed E-state index contributed by atoms with van der Waals surface area (Å²) < 4.78 is 14.1. The minimum atomic E-state index is -0.450. The maximum atomic E-state index is 14.1. The summed E-state index contributed by atoms with van der Waals surface area (Å²) in [5.74, 6) is -0.692. The highest BCUT2D eigenvalue weighted by Gasteiger charge is 2.33. The topological polar surface area (TPSA) is 49.6 Å². The van der Waals surface area contributed by atoms with Crippen LogP contribution in [0, 0.1) is 12.7 Å². The Bertz CT molecular complexity index is 534. The molecule has 108 valence electrons. The van der Waals surface area contributed by atoms with Crippen molar-refractivity contribution in [1.29, 1.82) is 0 Å². The number of hydrogen-bond acceptors (Lipinski definition) is 3. The third-order valence-electron chi connectivity index (χ3n) is 4.17. The van der Waals surface area contributed by atoms with Gasteiger partial charge in [0.1, 0.15) is 5.82 Å². The lowest BCUT2D eigenvalue weighted by atomic mass is 10.1. The lowest BCUT2D eigenvalue weighted by Crippen LogP contribution is -2.49. The molecule has 1 amide bonds. The van der Waals surface area contributed by atoms with Crippen LogP contribution in [0.25, 0.3) is 0 Å². The summed E-state index contributed by atoms with van der Waals surface area (Å²) in [4.78, 5) is 16.6. The van der Waals surface area contributed by atoms with Crippen LogP contribution in [0.1, 0.15) is 28.8 Å². The number of anilines is 1. The van der Waals surface area contributed by atoms with Crippen molar-refractivity contribution in [3.8, 4) is 0 Å². The minimum absolute atomic E-state index is 0.0994. The zero-order valence-corrected chi connectivity index (χ0v) is 11.7. The number of nitrogens with two attached hydrogens (primary N) is 1. The summed E-state index contributed by atoms with van der Waals surface area (Å²) in [6, 6.07) is 3.72. The van der Waals surface area contributed by atoms with Crippen molar-refractivity contribution in [2.75, 3.05) is 31.9 Å². The largest absolute Gasteiger partial charge is 0.399 e. The molecule has 2 N–H and O–H groups in total. The third-order valence-corrected chi connectivity index (χ3v) is 4.17. The van der Waals surface area contributed by atoms with Crippen molar-refractivity contribution in [3.05, 3.63) is 29.1 Å². The van der Waals surface area contributed by atoms with Gasteiger partial charge in [0.25, 0.3) is 5.91 Å². The van der Waals surface area contributed by atoms with E-state index in [1.54, 1.807) is 17.9 Å². The van der Waals surface area contributed by atoms with Crippen LogP contribution in [0.5, 0.6) is 0 Å². The lowest BCUT2D eigenvalue weighted by Gasteiger charge is -2.35. The number of rotatable bonds is 2. The number of hydrogen-bond donors (Lipinski definition) is 1. The van der Waals surface area contributed by atoms with Crippen LogP contribution in [0.3, 0.4) is 0 Å². The van der Waals surface area contributed by atoms with Gasteiger partial charge >= 0.3 is 0 Å². The first-order valence-corrected chi connectivity index (χ1v) is 7.15. The van der Waals surface area contributed by atoms with Crippen molar-refractivity contribution in [2.24, 2.45) is 0 Å². The molecular formula is C15H20FN3O. The smallest absolute Gasteiger partial charge is 0.257 e. The van der Waals surface area contributed by atoms with E-state index in [9.17, 15) is 9.18 Å². The Balaban J connectivity index is 1.73. The number of piperazine rings is 1. The van der Waals surface area contributed by atoms with Gasteiger partial charge in [0.15, 0.2) is 0 Å². The Morgan fingerprint density at radius 3 is 2.50 bits per heavy atom. The van der Waals surface area contributed by atoms with E-state index in [1.165, 1.54) is 18.9 Å². The van der Waals surface area contributed by atoms with Crippen LogP contribution in [-0.4, -0.2) is 47.9 Å². The molecular weight excluding hydrogens is 257 g/mol. The maximum Gasteiger partial charge on any atom is 0.257 e. The first-order chi connectivity index (χ1) is 9.56. The Hall–Kier alpha value is -1.62. The molecule has 1 aliphatic heterocycles. The van der Waals surface area contributed by atoms with Gasteiger partial charge in [-0.1, -0.05) is 0 Å². The van der Waals surface area contributed by atoms with E-state index in [0.717, 1.165) is 19.1 Å². The number of aryl methyl sites for hydroxylation is 1. The van der Waals surface area contributed by atoms with Crippen molar-refractivity contribution in [1.82, 2.24) is 9.80 Å². The predicted molar refractivity (Wildman–Crippen MR) is 76.0 cm³/mol. The Morgan fingerprint density at radius 2 is 1.90 bits per heavy atom. The van der Waals surface area contributed by atoms with Gasteiger partial charge in [0.2, 0.25) is 0 Å². The van der Waals surface area contributed by atoms with Crippen molar-refractivity contribution in [2.45, 2.75) is 25.8 Å². The summed E-state index contributed by atoms with van der Waals surface area (Å²) >= 11 is 0. The molecule has 4 nitrogen and oxygen atoms in total. The van der Waals surface area contributed by atoms with Crippen LogP contribution >= 0.6 is 0 Å². The fourth-order valence-electron chi connectivity index (χ4n) is 2.85. The first-order valence-electron chi connectivity index (χ1n) is 7.15. The number of nitrogens with zero attached hydrogens (tertiary/aromatic N) is 2. The van der Waals surface area contributed by atoms with Gasteiger partial charge in [-0.05, 0) is 37.5 Å². The van der Waals surface area contributed by atoms with Gasteiger partial charge < -0.3 is 10.6 Å². The molecule has 2 fully saturated rings. The van der Waals surface area contributed by atoms with Gasteiger partial charge in [-0.15, -0.1) is 0 Å². The number of nitrogen functional groups attached to an aromatic ring is 1. The predicted octanol–water partition coefficient (Wildman–Crippen LogP) is 1.64. The molecule has 20 heavy (non-hydrogen) atoms. The van der Waals surface area contributed by atoms with Crippen LogP contribution in [0.15, 0.2) is 12.1 Å². The molecule has 0 spiro atoms. The van der Waals surface area contributed by atoms with Gasteiger partial charge in [-0.2, -0.15) is 0 Å². The van der Waals surface area contributed by atoms with E-state index < -0.39 is 5.82 Å². The fourth-order valence-corrected chi connectivity index (χ4v) is 2.85. The van der Waals surface area contributed by atoms with Gasteiger partial charge in [0, 0.05) is 37.9 Å². The van der Waals surface area contributed by atoms with Crippen LogP contribution in [0.2, 0.25) is 0 Å². The lowest BCUT2D eigenvalue weighted by molar-refractivity contribution is 0.0622. The molecule has 1 saturated carbocycles. The van der Waals surface area contributed by atoms with Crippen molar-refractivity contribution >= 4 is 11.6 Å². The molecule has 1 saturated heterocycles. The van der Waals surface area contributed by atoms with Gasteiger partial charge in [0.05, 0.1) is 5.56 Å². The fraction of sp³-hybridized carbons (Fsp3) is 0.533. The molecule has 3 rings (SSSR count). The molecule has 0 bridgehead atoms. The van der Waals surface area contributed by atoms with E-state index in [2.05, 4.69) is 4.90 Å². The third kappa shape index (κ3) is 2.50. The van der Waals surface area contributed by atoms with E-state index in [-0.39, 0.29) is 11.5 Å². The molecule has 0 atom stereocenters. The normalized spacial score (nSPS) is 20.2. The zero-order valence-electron chi connectivity index (χ0n) is 11.7. The van der Waals surface area contributed by atoms with Crippen molar-refractivity contribution in [3.63, 3.8) is 0 Å². The average Bonchev–Trinajstić information content (AvgIpc) is 3.27. The highest BCUT2D eigenvalue weighted by atomic mass is 19.1. The zero-order chi connectivity index (χ0) is 14.3. The molecule has 2 aliphatic rings. The maximum absolute atomic E-state index is 14.1. The number of carbonyl (C=O) groups excluding carboxylic acids is 1. The molecule has 1 aromatic rings. The van der Waals surface area contributed by atoms with Crippen LogP contribution < -0.4 is 5.73 Å². The average molecular weight is 277 g/mol. The molecule has 5 heteroatoms. The monoisotopic (exact) mass is 277 g/mol. The molecule has 1 aliphatic carbocycles. The van der Waals surface area contributed by atoms with Crippen molar-refractivity contribution < 1.29 is 9.18 Å². The summed E-state index contributed by atoms with van der Waals surface area (Å²) in [5.41, 5.74) is 6.67. The summed E-state index contributed by atoms with van der Waals surface area (Å²) in [7, 11) is 0. The number of carbonyl (C=O) groups is 1. The van der Waals surface area contributed by atoms with E-state index in [1.807, 2.05) is 0 Å². The van der Waals surface area contributed by atoms with Gasteiger partial charge in [-0.25, -0.2) is 4.39 Å². The second-order valence-corrected chi connectivity index (χ2v) is 5.76. The van der Waals surface area contributed by atoms with E-state index in [0.29, 0.717) is 24.3 Å². The highest BCUT2D eigenvalue weighted by Crippen LogP contribution is 2.28. The SMILES string of the molecule is Cc1cc(N)cc(C(=O)N2CCN(C3CC3)CC2)c1F. The number of amides is 1. The summed E-state index contributed by atoms with van der Waals surface area (Å²) in [6.45, 7) is 4.75. The Kier molecular flexibility index (Phi) is 3.38. The second-order valence-electron chi connectivity index (χ2n) is 5.76. The Morgan fingerprint density at radius 1 is 1.25 bits per heavy atom. The minimum Gasteiger partial charge on any atom is -0.399 e. The molecule has 1 heterocycles. The highest BCUT2D eigenvalue weighted by molar-refractivity contribution is 5.95. The Labute approximate surface area is 118 Å². The molecule has 0 aromatic heterocycles. The van der Waals surface area contributed by atoms with Crippen LogP contribution in [0.4, 0.5) is 10.1 Å². The standard InChI is InChI=1S/C15H20FN3O/c1-10-8-11(17)9-13(14(10)16)15(20)19-6-4-18(5-7-19)12-2-3-12/h8-9,12H,2-7,17H2,1H3. The quantitative estimate of drug-likeness (QED) is 0.836. The molecule has 0 unspecified atom stereocenters. The first kappa shape index (κ1) is 13.4. The van der Waals surface area contributed by atoms with E-state index in [4.69, 9.17) is 5.73 Å².